The van der Waals surface area contributed by atoms with E-state index < -0.39 is 11.7 Å². The molecule has 2 aliphatic carbocycles. The van der Waals surface area contributed by atoms with Gasteiger partial charge in [-0.3, -0.25) is 4.79 Å². The number of carbonyl (C=O) groups excluding carboxylic acids is 1. The summed E-state index contributed by atoms with van der Waals surface area (Å²) in [6, 6.07) is 3.16. The molecule has 0 saturated heterocycles. The zero-order chi connectivity index (χ0) is 15.4. The van der Waals surface area contributed by atoms with Crippen LogP contribution in [0.15, 0.2) is 12.1 Å². The predicted molar refractivity (Wildman–Crippen MR) is 75.5 cm³/mol. The van der Waals surface area contributed by atoms with Crippen molar-refractivity contribution in [1.29, 1.82) is 0 Å². The molecule has 114 valence electrons. The minimum absolute atomic E-state index is 0.0698. The molecule has 4 atom stereocenters. The number of phenols is 1. The highest BCUT2D eigenvalue weighted by molar-refractivity contribution is 6.03. The van der Waals surface area contributed by atoms with Gasteiger partial charge in [0.25, 0.3) is 0 Å². The van der Waals surface area contributed by atoms with Crippen molar-refractivity contribution in [2.75, 3.05) is 7.11 Å². The van der Waals surface area contributed by atoms with Crippen LogP contribution in [0.2, 0.25) is 0 Å². The molecule has 0 amide bonds. The largest absolute Gasteiger partial charge is 0.507 e. The van der Waals surface area contributed by atoms with Crippen LogP contribution in [-0.2, 0) is 6.42 Å². The van der Waals surface area contributed by atoms with Crippen LogP contribution < -0.4 is 4.74 Å². The van der Waals surface area contributed by atoms with Gasteiger partial charge in [-0.2, -0.15) is 0 Å². The van der Waals surface area contributed by atoms with Crippen molar-refractivity contribution >= 4 is 5.78 Å². The first-order chi connectivity index (χ1) is 9.85. The Morgan fingerprint density at radius 2 is 2.10 bits per heavy atom. The summed E-state index contributed by atoms with van der Waals surface area (Å²) in [5, 5.41) is 30.7. The molecule has 2 aliphatic rings. The summed E-state index contributed by atoms with van der Waals surface area (Å²) in [7, 11) is 1.49. The summed E-state index contributed by atoms with van der Waals surface area (Å²) < 4.78 is 5.12. The zero-order valence-electron chi connectivity index (χ0n) is 12.2. The number of carbonyl (C=O) groups is 1. The lowest BCUT2D eigenvalue weighted by atomic mass is 9.62. The van der Waals surface area contributed by atoms with E-state index in [0.717, 1.165) is 0 Å². The average Bonchev–Trinajstić information content (AvgIpc) is 2.43. The first-order valence-electron chi connectivity index (χ1n) is 7.19. The van der Waals surface area contributed by atoms with Crippen LogP contribution in [0.3, 0.4) is 0 Å². The van der Waals surface area contributed by atoms with Gasteiger partial charge in [-0.05, 0) is 37.8 Å². The van der Waals surface area contributed by atoms with E-state index in [2.05, 4.69) is 0 Å². The highest BCUT2D eigenvalue weighted by atomic mass is 16.5. The SMILES string of the molecule is COc1cc(O)c2c(c1)CC1C(CC[C@@](C)(O)C1O)C2=O. The molecule has 3 N–H and O–H groups in total. The molecule has 1 fully saturated rings. The molecule has 3 rings (SSSR count). The highest BCUT2D eigenvalue weighted by Gasteiger charge is 2.50. The second-order valence-corrected chi connectivity index (χ2v) is 6.36. The van der Waals surface area contributed by atoms with Crippen LogP contribution >= 0.6 is 0 Å². The van der Waals surface area contributed by atoms with Gasteiger partial charge in [0.1, 0.15) is 11.5 Å². The number of fused-ring (bicyclic) bond motifs is 2. The Hall–Kier alpha value is -1.59. The van der Waals surface area contributed by atoms with E-state index in [4.69, 9.17) is 4.74 Å². The minimum Gasteiger partial charge on any atom is -0.507 e. The van der Waals surface area contributed by atoms with E-state index >= 15 is 0 Å². The molecule has 0 spiro atoms. The smallest absolute Gasteiger partial charge is 0.170 e. The first kappa shape index (κ1) is 14.4. The Morgan fingerprint density at radius 3 is 2.76 bits per heavy atom. The molecular formula is C16H20O5. The van der Waals surface area contributed by atoms with Crippen molar-refractivity contribution in [3.8, 4) is 11.5 Å². The number of Topliss-reactive ketones (excluding diaryl/α,β-unsaturated/α-hetero) is 1. The van der Waals surface area contributed by atoms with Crippen molar-refractivity contribution in [2.24, 2.45) is 11.8 Å². The Labute approximate surface area is 123 Å². The summed E-state index contributed by atoms with van der Waals surface area (Å²) in [5.41, 5.74) is -0.152. The molecule has 3 unspecified atom stereocenters. The summed E-state index contributed by atoms with van der Waals surface area (Å²) in [4.78, 5) is 12.6. The summed E-state index contributed by atoms with van der Waals surface area (Å²) in [6.07, 6.45) is 0.418. The lowest BCUT2D eigenvalue weighted by Gasteiger charge is -2.45. The van der Waals surface area contributed by atoms with Gasteiger partial charge in [0.2, 0.25) is 0 Å². The molecular weight excluding hydrogens is 272 g/mol. The van der Waals surface area contributed by atoms with Crippen molar-refractivity contribution in [2.45, 2.75) is 37.9 Å². The molecule has 0 heterocycles. The van der Waals surface area contributed by atoms with Gasteiger partial charge in [0.15, 0.2) is 5.78 Å². The number of aliphatic hydroxyl groups is 2. The van der Waals surface area contributed by atoms with Gasteiger partial charge in [0.05, 0.1) is 24.4 Å². The zero-order valence-corrected chi connectivity index (χ0v) is 12.2. The van der Waals surface area contributed by atoms with E-state index in [9.17, 15) is 20.1 Å². The number of ketones is 1. The fraction of sp³-hybridized carbons (Fsp3) is 0.562. The second-order valence-electron chi connectivity index (χ2n) is 6.36. The number of hydrogen-bond acceptors (Lipinski definition) is 5. The van der Waals surface area contributed by atoms with Crippen LogP contribution in [0.25, 0.3) is 0 Å². The van der Waals surface area contributed by atoms with Crippen molar-refractivity contribution in [1.82, 2.24) is 0 Å². The maximum Gasteiger partial charge on any atom is 0.170 e. The normalized spacial score (nSPS) is 35.0. The average molecular weight is 292 g/mol. The van der Waals surface area contributed by atoms with Gasteiger partial charge in [0, 0.05) is 17.9 Å². The summed E-state index contributed by atoms with van der Waals surface area (Å²) >= 11 is 0. The first-order valence-corrected chi connectivity index (χ1v) is 7.19. The van der Waals surface area contributed by atoms with Gasteiger partial charge < -0.3 is 20.1 Å². The minimum atomic E-state index is -1.17. The number of aliphatic hydroxyl groups excluding tert-OH is 1. The van der Waals surface area contributed by atoms with Gasteiger partial charge in [-0.15, -0.1) is 0 Å². The molecule has 21 heavy (non-hydrogen) atoms. The third-order valence-electron chi connectivity index (χ3n) is 4.97. The number of aromatic hydroxyl groups is 1. The Bertz CT molecular complexity index is 593. The molecule has 0 aliphatic heterocycles. The Kier molecular flexibility index (Phi) is 3.22. The van der Waals surface area contributed by atoms with Crippen LogP contribution in [0.5, 0.6) is 11.5 Å². The number of methoxy groups -OCH3 is 1. The van der Waals surface area contributed by atoms with Crippen LogP contribution in [0.1, 0.15) is 35.7 Å². The molecule has 0 radical (unpaired) electrons. The van der Waals surface area contributed by atoms with E-state index in [1.165, 1.54) is 13.2 Å². The number of phenolic OH excluding ortho intramolecular Hbond substituents is 1. The summed E-state index contributed by atoms with van der Waals surface area (Å²) in [6.45, 7) is 1.61. The fourth-order valence-electron chi connectivity index (χ4n) is 3.73. The van der Waals surface area contributed by atoms with Crippen molar-refractivity contribution in [3.05, 3.63) is 23.3 Å². The lowest BCUT2D eigenvalue weighted by molar-refractivity contribution is -0.126. The van der Waals surface area contributed by atoms with E-state index in [-0.39, 0.29) is 23.4 Å². The number of hydrogen-bond donors (Lipinski definition) is 3. The van der Waals surface area contributed by atoms with Crippen LogP contribution in [0.4, 0.5) is 0 Å². The molecule has 0 aromatic heterocycles. The Morgan fingerprint density at radius 1 is 1.38 bits per heavy atom. The molecule has 1 saturated carbocycles. The number of benzene rings is 1. The quantitative estimate of drug-likeness (QED) is 0.726. The molecule has 1 aromatic carbocycles. The third kappa shape index (κ3) is 2.12. The monoisotopic (exact) mass is 292 g/mol. The van der Waals surface area contributed by atoms with E-state index in [1.807, 2.05) is 0 Å². The second kappa shape index (κ2) is 4.71. The Balaban J connectivity index is 2.06. The van der Waals surface area contributed by atoms with Crippen LogP contribution in [0, 0.1) is 11.8 Å². The molecule has 5 heteroatoms. The highest BCUT2D eigenvalue weighted by Crippen LogP contribution is 2.46. The standard InChI is InChI=1S/C16H20O5/c1-16(20)4-3-10-11(15(16)19)6-8-5-9(21-2)7-12(17)13(8)14(10)18/h5,7,10-11,15,17,19-20H,3-4,6H2,1-2H3/t10?,11?,15?,16-/m1/s1. The maximum atomic E-state index is 12.6. The molecule has 1 aromatic rings. The number of rotatable bonds is 1. The summed E-state index contributed by atoms with van der Waals surface area (Å²) in [5.74, 6) is -0.391. The topological polar surface area (TPSA) is 87.0 Å². The van der Waals surface area contributed by atoms with Crippen molar-refractivity contribution in [3.63, 3.8) is 0 Å². The predicted octanol–water partition coefficient (Wildman–Crippen LogP) is 1.28. The van der Waals surface area contributed by atoms with Gasteiger partial charge in [-0.25, -0.2) is 0 Å². The van der Waals surface area contributed by atoms with Crippen LogP contribution in [-0.4, -0.2) is 39.9 Å². The van der Waals surface area contributed by atoms with Gasteiger partial charge in [-0.1, -0.05) is 0 Å². The van der Waals surface area contributed by atoms with Crippen molar-refractivity contribution < 1.29 is 24.9 Å². The maximum absolute atomic E-state index is 12.6. The molecule has 5 nitrogen and oxygen atoms in total. The van der Waals surface area contributed by atoms with E-state index in [0.29, 0.717) is 36.1 Å². The third-order valence-corrected chi connectivity index (χ3v) is 4.97. The fourth-order valence-corrected chi connectivity index (χ4v) is 3.73. The van der Waals surface area contributed by atoms with E-state index in [1.54, 1.807) is 13.0 Å². The number of ether oxygens (including phenoxy) is 1. The lowest BCUT2D eigenvalue weighted by Crippen LogP contribution is -2.54. The molecule has 0 bridgehead atoms. The van der Waals surface area contributed by atoms with Gasteiger partial charge >= 0.3 is 0 Å².